The van der Waals surface area contributed by atoms with E-state index in [1.54, 1.807) is 12.1 Å². The second-order valence-electron chi connectivity index (χ2n) is 4.79. The highest BCUT2D eigenvalue weighted by Crippen LogP contribution is 2.35. The number of sulfone groups is 1. The minimum Gasteiger partial charge on any atom is -0.481 e. The van der Waals surface area contributed by atoms with Gasteiger partial charge in [-0.1, -0.05) is 18.2 Å². The predicted octanol–water partition coefficient (Wildman–Crippen LogP) is 1.31. The van der Waals surface area contributed by atoms with E-state index >= 15 is 0 Å². The van der Waals surface area contributed by atoms with Crippen LogP contribution in [0.2, 0.25) is 0 Å². The van der Waals surface area contributed by atoms with Gasteiger partial charge >= 0.3 is 5.97 Å². The number of hydrogen-bond acceptors (Lipinski definition) is 4. The summed E-state index contributed by atoms with van der Waals surface area (Å²) in [5.74, 6) is -0.727. The van der Waals surface area contributed by atoms with E-state index in [9.17, 15) is 13.2 Å². The van der Waals surface area contributed by atoms with Gasteiger partial charge in [0.15, 0.2) is 9.84 Å². The maximum absolute atomic E-state index is 12.0. The molecular formula is C13H17NO4S. The van der Waals surface area contributed by atoms with Gasteiger partial charge in [-0.25, -0.2) is 8.42 Å². The fourth-order valence-corrected chi connectivity index (χ4v) is 4.06. The number of aliphatic carboxylic acids is 1. The SMILES string of the molecule is CN(CCC(=O)O)C1CCS(=O)(=O)c2ccccc21. The van der Waals surface area contributed by atoms with Gasteiger partial charge < -0.3 is 5.11 Å². The van der Waals surface area contributed by atoms with Gasteiger partial charge in [0.05, 0.1) is 17.1 Å². The third kappa shape index (κ3) is 2.96. The normalized spacial score (nSPS) is 21.1. The Morgan fingerprint density at radius 3 is 2.79 bits per heavy atom. The molecule has 6 heteroatoms. The molecule has 1 heterocycles. The van der Waals surface area contributed by atoms with E-state index in [2.05, 4.69) is 0 Å². The number of carbonyl (C=O) groups is 1. The Hall–Kier alpha value is -1.40. The van der Waals surface area contributed by atoms with E-state index in [1.165, 1.54) is 0 Å². The lowest BCUT2D eigenvalue weighted by molar-refractivity contribution is -0.137. The minimum atomic E-state index is -3.18. The van der Waals surface area contributed by atoms with Crippen molar-refractivity contribution in [1.82, 2.24) is 4.90 Å². The van der Waals surface area contributed by atoms with Crippen molar-refractivity contribution in [3.8, 4) is 0 Å². The predicted molar refractivity (Wildman–Crippen MR) is 70.7 cm³/mol. The molecule has 0 spiro atoms. The van der Waals surface area contributed by atoms with Crippen LogP contribution in [0.1, 0.15) is 24.4 Å². The van der Waals surface area contributed by atoms with E-state index in [0.29, 0.717) is 17.9 Å². The molecule has 0 bridgehead atoms. The van der Waals surface area contributed by atoms with Crippen LogP contribution in [0.3, 0.4) is 0 Å². The van der Waals surface area contributed by atoms with Crippen LogP contribution in [-0.4, -0.2) is 43.7 Å². The van der Waals surface area contributed by atoms with Gasteiger partial charge in [-0.15, -0.1) is 0 Å². The summed E-state index contributed by atoms with van der Waals surface area (Å²) >= 11 is 0. The topological polar surface area (TPSA) is 74.7 Å². The van der Waals surface area contributed by atoms with Gasteiger partial charge in [-0.2, -0.15) is 0 Å². The summed E-state index contributed by atoms with van der Waals surface area (Å²) in [6.07, 6.45) is 0.567. The Kier molecular flexibility index (Phi) is 3.91. The maximum atomic E-state index is 12.0. The molecule has 0 fully saturated rings. The fraction of sp³-hybridized carbons (Fsp3) is 0.462. The highest BCUT2D eigenvalue weighted by Gasteiger charge is 2.31. The van der Waals surface area contributed by atoms with Crippen molar-refractivity contribution in [3.05, 3.63) is 29.8 Å². The molecule has 1 atom stereocenters. The van der Waals surface area contributed by atoms with Gasteiger partial charge in [0.1, 0.15) is 0 Å². The van der Waals surface area contributed by atoms with Crippen molar-refractivity contribution in [3.63, 3.8) is 0 Å². The minimum absolute atomic E-state index is 0.0286. The lowest BCUT2D eigenvalue weighted by Crippen LogP contribution is -2.32. The Balaban J connectivity index is 2.27. The molecule has 1 aromatic rings. The van der Waals surface area contributed by atoms with Gasteiger partial charge in [-0.3, -0.25) is 9.69 Å². The molecule has 1 aromatic carbocycles. The van der Waals surface area contributed by atoms with Gasteiger partial charge in [0, 0.05) is 12.6 Å². The molecule has 5 nitrogen and oxygen atoms in total. The largest absolute Gasteiger partial charge is 0.481 e. The molecule has 0 aromatic heterocycles. The smallest absolute Gasteiger partial charge is 0.304 e. The molecule has 1 aliphatic heterocycles. The highest BCUT2D eigenvalue weighted by molar-refractivity contribution is 7.91. The van der Waals surface area contributed by atoms with Crippen molar-refractivity contribution in [2.24, 2.45) is 0 Å². The van der Waals surface area contributed by atoms with Crippen molar-refractivity contribution in [2.75, 3.05) is 19.3 Å². The van der Waals surface area contributed by atoms with E-state index in [-0.39, 0.29) is 18.2 Å². The van der Waals surface area contributed by atoms with Crippen LogP contribution in [-0.2, 0) is 14.6 Å². The van der Waals surface area contributed by atoms with Crippen LogP contribution < -0.4 is 0 Å². The van der Waals surface area contributed by atoms with Crippen molar-refractivity contribution in [2.45, 2.75) is 23.8 Å². The number of nitrogens with zero attached hydrogens (tertiary/aromatic N) is 1. The summed E-state index contributed by atoms with van der Waals surface area (Å²) in [5.41, 5.74) is 0.779. The van der Waals surface area contributed by atoms with Crippen molar-refractivity contribution >= 4 is 15.8 Å². The number of carboxylic acids is 1. The van der Waals surface area contributed by atoms with E-state index in [1.807, 2.05) is 24.1 Å². The zero-order valence-electron chi connectivity index (χ0n) is 10.7. The van der Waals surface area contributed by atoms with Crippen LogP contribution in [0, 0.1) is 0 Å². The first kappa shape index (κ1) is 14.0. The zero-order chi connectivity index (χ0) is 14.0. The molecule has 19 heavy (non-hydrogen) atoms. The number of rotatable bonds is 4. The Morgan fingerprint density at radius 2 is 2.11 bits per heavy atom. The summed E-state index contributed by atoms with van der Waals surface area (Å²) in [7, 11) is -1.35. The second kappa shape index (κ2) is 5.30. The van der Waals surface area contributed by atoms with Crippen LogP contribution in [0.5, 0.6) is 0 Å². The molecule has 1 unspecified atom stereocenters. The quantitative estimate of drug-likeness (QED) is 0.902. The van der Waals surface area contributed by atoms with Crippen LogP contribution in [0.4, 0.5) is 0 Å². The summed E-state index contributed by atoms with van der Waals surface area (Å²) < 4.78 is 24.0. The number of fused-ring (bicyclic) bond motifs is 1. The first-order valence-corrected chi connectivity index (χ1v) is 7.81. The monoisotopic (exact) mass is 283 g/mol. The lowest BCUT2D eigenvalue weighted by Gasteiger charge is -2.32. The Morgan fingerprint density at radius 1 is 1.42 bits per heavy atom. The molecule has 104 valence electrons. The lowest BCUT2D eigenvalue weighted by atomic mass is 10.0. The van der Waals surface area contributed by atoms with E-state index in [4.69, 9.17) is 5.11 Å². The molecule has 0 saturated carbocycles. The van der Waals surface area contributed by atoms with Gasteiger partial charge in [0.25, 0.3) is 0 Å². The summed E-state index contributed by atoms with van der Waals surface area (Å²) in [6, 6.07) is 6.95. The summed E-state index contributed by atoms with van der Waals surface area (Å²) in [5, 5.41) is 8.72. The zero-order valence-corrected chi connectivity index (χ0v) is 11.6. The first-order valence-electron chi connectivity index (χ1n) is 6.15. The third-order valence-corrected chi connectivity index (χ3v) is 5.30. The average Bonchev–Trinajstić information content (AvgIpc) is 2.36. The van der Waals surface area contributed by atoms with Gasteiger partial charge in [0.2, 0.25) is 0 Å². The maximum Gasteiger partial charge on any atom is 0.304 e. The standard InChI is InChI=1S/C13H17NO4S/c1-14(8-6-13(15)16)11-7-9-19(17,18)12-5-3-2-4-10(11)12/h2-5,11H,6-9H2,1H3,(H,15,16). The number of hydrogen-bond donors (Lipinski definition) is 1. The van der Waals surface area contributed by atoms with Crippen molar-refractivity contribution < 1.29 is 18.3 Å². The molecule has 0 aliphatic carbocycles. The summed E-state index contributed by atoms with van der Waals surface area (Å²) in [6.45, 7) is 0.411. The Labute approximate surface area is 112 Å². The molecule has 0 radical (unpaired) electrons. The number of benzene rings is 1. The molecule has 1 aliphatic rings. The molecular weight excluding hydrogens is 266 g/mol. The number of carboxylic acid groups (broad SMARTS) is 1. The molecule has 0 saturated heterocycles. The Bertz CT molecular complexity index is 582. The summed E-state index contributed by atoms with van der Waals surface area (Å²) in [4.78, 5) is 12.9. The first-order chi connectivity index (χ1) is 8.92. The van der Waals surface area contributed by atoms with Crippen molar-refractivity contribution in [1.29, 1.82) is 0 Å². The average molecular weight is 283 g/mol. The second-order valence-corrected chi connectivity index (χ2v) is 6.86. The van der Waals surface area contributed by atoms with E-state index < -0.39 is 15.8 Å². The van der Waals surface area contributed by atoms with Gasteiger partial charge in [-0.05, 0) is 25.1 Å². The molecule has 2 rings (SSSR count). The van der Waals surface area contributed by atoms with Crippen LogP contribution in [0.25, 0.3) is 0 Å². The molecule has 0 amide bonds. The fourth-order valence-electron chi connectivity index (χ4n) is 2.46. The van der Waals surface area contributed by atoms with Crippen LogP contribution in [0.15, 0.2) is 29.2 Å². The van der Waals surface area contributed by atoms with Crippen LogP contribution >= 0.6 is 0 Å². The highest BCUT2D eigenvalue weighted by atomic mass is 32.2. The molecule has 1 N–H and O–H groups in total. The van der Waals surface area contributed by atoms with E-state index in [0.717, 1.165) is 5.56 Å². The third-order valence-electron chi connectivity index (χ3n) is 3.48.